The molecular weight excluding hydrogens is 390 g/mol. The molecule has 0 aromatic carbocycles. The average Bonchev–Trinajstić information content (AvgIpc) is 3.32. The molecule has 5 nitrogen and oxygen atoms in total. The third-order valence-electron chi connectivity index (χ3n) is 5.65. The summed E-state index contributed by atoms with van der Waals surface area (Å²) in [5.41, 5.74) is 4.08. The van der Waals surface area contributed by atoms with Crippen molar-refractivity contribution in [3.8, 4) is 0 Å². The van der Waals surface area contributed by atoms with Gasteiger partial charge in [0, 0.05) is 35.4 Å². The molecule has 3 heterocycles. The van der Waals surface area contributed by atoms with Gasteiger partial charge in [-0.3, -0.25) is 14.2 Å². The topological polar surface area (TPSA) is 56.9 Å². The second-order valence-electron chi connectivity index (χ2n) is 7.44. The number of rotatable bonds is 6. The molecule has 0 aliphatic heterocycles. The highest BCUT2D eigenvalue weighted by Gasteiger charge is 2.24. The number of thioether (sulfide) groups is 1. The van der Waals surface area contributed by atoms with Crippen molar-refractivity contribution in [1.82, 2.24) is 14.1 Å². The van der Waals surface area contributed by atoms with Crippen LogP contribution >= 0.6 is 23.1 Å². The molecule has 4 rings (SSSR count). The van der Waals surface area contributed by atoms with Gasteiger partial charge in [0.2, 0.25) is 0 Å². The second-order valence-corrected chi connectivity index (χ2v) is 9.47. The Hall–Kier alpha value is -1.86. The van der Waals surface area contributed by atoms with Crippen LogP contribution in [0.25, 0.3) is 10.2 Å². The van der Waals surface area contributed by atoms with Crippen molar-refractivity contribution in [3.63, 3.8) is 0 Å². The van der Waals surface area contributed by atoms with Crippen molar-refractivity contribution in [1.29, 1.82) is 0 Å². The number of hydrogen-bond acceptors (Lipinski definition) is 5. The minimum Gasteiger partial charge on any atom is -0.351 e. The van der Waals surface area contributed by atoms with Crippen molar-refractivity contribution < 1.29 is 4.79 Å². The number of thiophene rings is 1. The van der Waals surface area contributed by atoms with Gasteiger partial charge in [-0.2, -0.15) is 0 Å². The number of aromatic nitrogens is 3. The van der Waals surface area contributed by atoms with Crippen LogP contribution in [0.5, 0.6) is 0 Å². The van der Waals surface area contributed by atoms with Gasteiger partial charge in [0.15, 0.2) is 10.9 Å². The maximum atomic E-state index is 13.2. The lowest BCUT2D eigenvalue weighted by Crippen LogP contribution is -2.23. The van der Waals surface area contributed by atoms with E-state index in [9.17, 15) is 9.59 Å². The highest BCUT2D eigenvalue weighted by molar-refractivity contribution is 7.99. The summed E-state index contributed by atoms with van der Waals surface area (Å²) in [6.07, 6.45) is 4.02. The van der Waals surface area contributed by atoms with Gasteiger partial charge in [-0.05, 0) is 51.2 Å². The quantitative estimate of drug-likeness (QED) is 0.342. The smallest absolute Gasteiger partial charge is 0.263 e. The monoisotopic (exact) mass is 415 g/mol. The van der Waals surface area contributed by atoms with Crippen molar-refractivity contribution in [2.75, 3.05) is 5.75 Å². The van der Waals surface area contributed by atoms with Crippen LogP contribution in [-0.4, -0.2) is 25.7 Å². The van der Waals surface area contributed by atoms with Crippen LogP contribution in [0.4, 0.5) is 0 Å². The van der Waals surface area contributed by atoms with Crippen molar-refractivity contribution in [3.05, 3.63) is 43.8 Å². The molecule has 0 amide bonds. The first kappa shape index (κ1) is 19.5. The van der Waals surface area contributed by atoms with Crippen molar-refractivity contribution in [2.24, 2.45) is 7.05 Å². The summed E-state index contributed by atoms with van der Waals surface area (Å²) in [6.45, 7) is 6.66. The van der Waals surface area contributed by atoms with Gasteiger partial charge < -0.3 is 4.57 Å². The van der Waals surface area contributed by atoms with Crippen LogP contribution in [0, 0.1) is 13.8 Å². The SMILES string of the molecule is CCCn1c(SCC(=O)c2cc(C)n(C)c2C)nc2sc3c(c2c1=O)CCC3. The molecular formula is C21H25N3O2S2. The van der Waals surface area contributed by atoms with Gasteiger partial charge in [-0.15, -0.1) is 11.3 Å². The summed E-state index contributed by atoms with van der Waals surface area (Å²) < 4.78 is 3.80. The van der Waals surface area contributed by atoms with Crippen molar-refractivity contribution >= 4 is 39.1 Å². The fourth-order valence-electron chi connectivity index (χ4n) is 3.93. The lowest BCUT2D eigenvalue weighted by Gasteiger charge is -2.11. The minimum absolute atomic E-state index is 0.0629. The normalized spacial score (nSPS) is 13.4. The fraction of sp³-hybridized carbons (Fsp3) is 0.476. The van der Waals surface area contributed by atoms with Gasteiger partial charge in [0.1, 0.15) is 4.83 Å². The van der Waals surface area contributed by atoms with Crippen LogP contribution in [0.2, 0.25) is 0 Å². The van der Waals surface area contributed by atoms with E-state index in [0.717, 1.165) is 52.9 Å². The molecule has 0 bridgehead atoms. The summed E-state index contributed by atoms with van der Waals surface area (Å²) in [7, 11) is 1.97. The van der Waals surface area contributed by atoms with Crippen LogP contribution in [-0.2, 0) is 26.4 Å². The fourth-order valence-corrected chi connectivity index (χ4v) is 6.15. The summed E-state index contributed by atoms with van der Waals surface area (Å²) in [5.74, 6) is 0.370. The maximum absolute atomic E-state index is 13.2. The molecule has 0 N–H and O–H groups in total. The minimum atomic E-state index is 0.0629. The Balaban J connectivity index is 1.68. The third-order valence-corrected chi connectivity index (χ3v) is 7.81. The van der Waals surface area contributed by atoms with E-state index >= 15 is 0 Å². The van der Waals surface area contributed by atoms with Gasteiger partial charge in [-0.1, -0.05) is 18.7 Å². The molecule has 7 heteroatoms. The Labute approximate surface area is 172 Å². The molecule has 0 spiro atoms. The Morgan fingerprint density at radius 2 is 2.11 bits per heavy atom. The standard InChI is InChI=1S/C21H25N3O2S2/c1-5-9-24-20(26)18-14-7-6-8-17(14)28-19(18)22-21(24)27-11-16(25)15-10-12(2)23(4)13(15)3/h10H,5-9,11H2,1-4H3. The molecule has 0 fully saturated rings. The summed E-state index contributed by atoms with van der Waals surface area (Å²) in [6, 6.07) is 1.94. The Kier molecular flexibility index (Phi) is 5.22. The van der Waals surface area contributed by atoms with E-state index in [-0.39, 0.29) is 17.1 Å². The molecule has 148 valence electrons. The molecule has 0 unspecified atom stereocenters. The zero-order valence-corrected chi connectivity index (χ0v) is 18.4. The molecule has 28 heavy (non-hydrogen) atoms. The number of hydrogen-bond donors (Lipinski definition) is 0. The first-order valence-corrected chi connectivity index (χ1v) is 11.6. The van der Waals surface area contributed by atoms with Gasteiger partial charge in [0.25, 0.3) is 5.56 Å². The van der Waals surface area contributed by atoms with E-state index < -0.39 is 0 Å². The molecule has 0 radical (unpaired) electrons. The van der Waals surface area contributed by atoms with E-state index in [1.807, 2.05) is 31.5 Å². The molecule has 1 aliphatic rings. The van der Waals surface area contributed by atoms with E-state index in [1.165, 1.54) is 22.2 Å². The lowest BCUT2D eigenvalue weighted by molar-refractivity contribution is 0.102. The highest BCUT2D eigenvalue weighted by atomic mass is 32.2. The van der Waals surface area contributed by atoms with Crippen LogP contribution in [0.15, 0.2) is 16.0 Å². The lowest BCUT2D eigenvalue weighted by atomic mass is 10.2. The number of carbonyl (C=O) groups is 1. The number of Topliss-reactive ketones (excluding diaryl/α,β-unsaturated/α-hetero) is 1. The van der Waals surface area contributed by atoms with Crippen LogP contribution in [0.1, 0.15) is 52.0 Å². The summed E-state index contributed by atoms with van der Waals surface area (Å²) >= 11 is 3.04. The molecule has 0 saturated heterocycles. The van der Waals surface area contributed by atoms with Crippen molar-refractivity contribution in [2.45, 2.75) is 58.2 Å². The zero-order chi connectivity index (χ0) is 20.0. The van der Waals surface area contributed by atoms with E-state index in [1.54, 1.807) is 15.9 Å². The van der Waals surface area contributed by atoms with E-state index in [2.05, 4.69) is 6.92 Å². The van der Waals surface area contributed by atoms with Gasteiger partial charge in [-0.25, -0.2) is 4.98 Å². The first-order chi connectivity index (χ1) is 13.4. The first-order valence-electron chi connectivity index (χ1n) is 9.76. The Morgan fingerprint density at radius 1 is 1.32 bits per heavy atom. The summed E-state index contributed by atoms with van der Waals surface area (Å²) in [4.78, 5) is 33.0. The summed E-state index contributed by atoms with van der Waals surface area (Å²) in [5, 5.41) is 1.48. The number of aryl methyl sites for hydroxylation is 3. The number of nitrogens with zero attached hydrogens (tertiary/aromatic N) is 3. The maximum Gasteiger partial charge on any atom is 0.263 e. The molecule has 0 atom stereocenters. The molecule has 0 saturated carbocycles. The Bertz CT molecular complexity index is 1140. The van der Waals surface area contributed by atoms with Gasteiger partial charge in [0.05, 0.1) is 11.1 Å². The largest absolute Gasteiger partial charge is 0.351 e. The molecule has 1 aliphatic carbocycles. The van der Waals surface area contributed by atoms with E-state index in [0.29, 0.717) is 11.7 Å². The molecule has 3 aromatic rings. The number of carbonyl (C=O) groups excluding carboxylic acids is 1. The number of ketones is 1. The third kappa shape index (κ3) is 3.14. The second kappa shape index (κ2) is 7.52. The zero-order valence-electron chi connectivity index (χ0n) is 16.8. The van der Waals surface area contributed by atoms with Crippen LogP contribution < -0.4 is 5.56 Å². The average molecular weight is 416 g/mol. The number of fused-ring (bicyclic) bond motifs is 3. The van der Waals surface area contributed by atoms with Crippen LogP contribution in [0.3, 0.4) is 0 Å². The Morgan fingerprint density at radius 3 is 2.79 bits per heavy atom. The van der Waals surface area contributed by atoms with Gasteiger partial charge >= 0.3 is 0 Å². The molecule has 3 aromatic heterocycles. The predicted octanol–water partition coefficient (Wildman–Crippen LogP) is 4.29. The van der Waals surface area contributed by atoms with E-state index in [4.69, 9.17) is 4.98 Å². The highest BCUT2D eigenvalue weighted by Crippen LogP contribution is 2.35. The predicted molar refractivity (Wildman–Crippen MR) is 116 cm³/mol.